The Kier molecular flexibility index (Phi) is 7.76. The highest BCUT2D eigenvalue weighted by Gasteiger charge is 2.02. The molecule has 0 aliphatic carbocycles. The summed E-state index contributed by atoms with van der Waals surface area (Å²) in [5, 5.41) is 11.6. The number of nitrogens with zero attached hydrogens (tertiary/aromatic N) is 1. The fourth-order valence-corrected chi connectivity index (χ4v) is 2.62. The summed E-state index contributed by atoms with van der Waals surface area (Å²) in [4.78, 5) is 11.7. The molecule has 1 aromatic carbocycles. The maximum atomic E-state index is 11.7. The number of unbranched alkanes of at least 4 members (excludes halogenated alkanes) is 1. The Morgan fingerprint density at radius 1 is 1.37 bits per heavy atom. The Morgan fingerprint density at radius 3 is 2.89 bits per heavy atom. The van der Waals surface area contributed by atoms with Gasteiger partial charge < -0.3 is 5.32 Å². The molecule has 0 aliphatic rings. The van der Waals surface area contributed by atoms with E-state index in [4.69, 9.17) is 5.26 Å². The predicted octanol–water partition coefficient (Wildman–Crippen LogP) is 3.81. The van der Waals surface area contributed by atoms with Gasteiger partial charge in [-0.1, -0.05) is 19.4 Å². The van der Waals surface area contributed by atoms with E-state index in [9.17, 15) is 4.79 Å². The van der Waals surface area contributed by atoms with Crippen LogP contribution in [0.15, 0.2) is 24.3 Å². The zero-order valence-electron chi connectivity index (χ0n) is 11.3. The summed E-state index contributed by atoms with van der Waals surface area (Å²) >= 11 is 1.91. The molecule has 3 nitrogen and oxygen atoms in total. The summed E-state index contributed by atoms with van der Waals surface area (Å²) in [6, 6.07) is 9.04. The van der Waals surface area contributed by atoms with E-state index < -0.39 is 0 Å². The number of anilines is 1. The number of amides is 1. The summed E-state index contributed by atoms with van der Waals surface area (Å²) in [6.07, 6.45) is 3.91. The van der Waals surface area contributed by atoms with Gasteiger partial charge >= 0.3 is 0 Å². The second-order valence-corrected chi connectivity index (χ2v) is 5.54. The monoisotopic (exact) mass is 276 g/mol. The topological polar surface area (TPSA) is 52.9 Å². The van der Waals surface area contributed by atoms with Gasteiger partial charge in [-0.05, 0) is 42.5 Å². The number of carbonyl (C=O) groups is 1. The number of rotatable bonds is 8. The molecule has 1 aromatic rings. The highest BCUT2D eigenvalue weighted by atomic mass is 32.2. The van der Waals surface area contributed by atoms with Gasteiger partial charge in [-0.3, -0.25) is 4.79 Å². The lowest BCUT2D eigenvalue weighted by Gasteiger charge is -2.05. The van der Waals surface area contributed by atoms with Crippen LogP contribution >= 0.6 is 11.8 Å². The second-order valence-electron chi connectivity index (χ2n) is 4.31. The molecule has 4 heteroatoms. The molecule has 0 bridgehead atoms. The van der Waals surface area contributed by atoms with E-state index in [1.54, 1.807) is 24.3 Å². The van der Waals surface area contributed by atoms with Gasteiger partial charge in [0.2, 0.25) is 5.91 Å². The quantitative estimate of drug-likeness (QED) is 0.734. The third-order valence-electron chi connectivity index (χ3n) is 2.61. The summed E-state index contributed by atoms with van der Waals surface area (Å²) in [5.74, 6) is 2.24. The van der Waals surface area contributed by atoms with E-state index in [0.29, 0.717) is 17.7 Å². The zero-order valence-corrected chi connectivity index (χ0v) is 12.1. The van der Waals surface area contributed by atoms with Crippen LogP contribution in [0.25, 0.3) is 0 Å². The average molecular weight is 276 g/mol. The smallest absolute Gasteiger partial charge is 0.224 e. The van der Waals surface area contributed by atoms with E-state index in [1.165, 1.54) is 18.6 Å². The standard InChI is InChI=1S/C15H20N2OS/c1-2-3-9-19-10-5-8-15(18)17-14-7-4-6-13(11-14)12-16/h4,6-7,11H,2-3,5,8-10H2,1H3,(H,17,18). The number of nitriles is 1. The van der Waals surface area contributed by atoms with Crippen molar-refractivity contribution in [3.63, 3.8) is 0 Å². The van der Waals surface area contributed by atoms with E-state index >= 15 is 0 Å². The van der Waals surface area contributed by atoms with Crippen LogP contribution < -0.4 is 5.32 Å². The second kappa shape index (κ2) is 9.46. The van der Waals surface area contributed by atoms with Crippen molar-refractivity contribution in [1.82, 2.24) is 0 Å². The first kappa shape index (κ1) is 15.6. The average Bonchev–Trinajstić information content (AvgIpc) is 2.43. The van der Waals surface area contributed by atoms with Crippen LogP contribution in [0.5, 0.6) is 0 Å². The summed E-state index contributed by atoms with van der Waals surface area (Å²) < 4.78 is 0. The zero-order chi connectivity index (χ0) is 13.9. The van der Waals surface area contributed by atoms with Crippen molar-refractivity contribution in [3.05, 3.63) is 29.8 Å². The minimum Gasteiger partial charge on any atom is -0.326 e. The molecule has 0 aromatic heterocycles. The highest BCUT2D eigenvalue weighted by molar-refractivity contribution is 7.99. The molecule has 19 heavy (non-hydrogen) atoms. The molecular formula is C15H20N2OS. The van der Waals surface area contributed by atoms with Crippen LogP contribution in [-0.2, 0) is 4.79 Å². The van der Waals surface area contributed by atoms with Crippen LogP contribution in [0.3, 0.4) is 0 Å². The van der Waals surface area contributed by atoms with Crippen molar-refractivity contribution >= 4 is 23.4 Å². The molecule has 0 spiro atoms. The van der Waals surface area contributed by atoms with Crippen molar-refractivity contribution < 1.29 is 4.79 Å². The van der Waals surface area contributed by atoms with Crippen molar-refractivity contribution in [2.75, 3.05) is 16.8 Å². The van der Waals surface area contributed by atoms with E-state index in [2.05, 4.69) is 18.3 Å². The Hall–Kier alpha value is -1.47. The summed E-state index contributed by atoms with van der Waals surface area (Å²) in [5.41, 5.74) is 1.26. The molecule has 0 aliphatic heterocycles. The van der Waals surface area contributed by atoms with Gasteiger partial charge in [0.15, 0.2) is 0 Å². The van der Waals surface area contributed by atoms with Crippen molar-refractivity contribution in [1.29, 1.82) is 5.26 Å². The minimum atomic E-state index is 0.0196. The number of benzene rings is 1. The van der Waals surface area contributed by atoms with Crippen molar-refractivity contribution in [3.8, 4) is 6.07 Å². The molecule has 102 valence electrons. The van der Waals surface area contributed by atoms with Gasteiger partial charge in [-0.2, -0.15) is 17.0 Å². The summed E-state index contributed by atoms with van der Waals surface area (Å²) in [6.45, 7) is 2.18. The van der Waals surface area contributed by atoms with Gasteiger partial charge in [-0.15, -0.1) is 0 Å². The van der Waals surface area contributed by atoms with Crippen LogP contribution in [-0.4, -0.2) is 17.4 Å². The molecule has 0 saturated heterocycles. The molecule has 0 unspecified atom stereocenters. The Balaban J connectivity index is 2.22. The van der Waals surface area contributed by atoms with Crippen molar-refractivity contribution in [2.45, 2.75) is 32.6 Å². The fraction of sp³-hybridized carbons (Fsp3) is 0.467. The molecule has 0 heterocycles. The lowest BCUT2D eigenvalue weighted by molar-refractivity contribution is -0.116. The van der Waals surface area contributed by atoms with Gasteiger partial charge in [0.25, 0.3) is 0 Å². The van der Waals surface area contributed by atoms with Gasteiger partial charge in [0, 0.05) is 12.1 Å². The lowest BCUT2D eigenvalue weighted by Crippen LogP contribution is -2.11. The molecule has 0 radical (unpaired) electrons. The SMILES string of the molecule is CCCCSCCCC(=O)Nc1cccc(C#N)c1. The number of carbonyl (C=O) groups excluding carboxylic acids is 1. The number of nitrogens with one attached hydrogen (secondary N) is 1. The van der Waals surface area contributed by atoms with Crippen LogP contribution in [0, 0.1) is 11.3 Å². The van der Waals surface area contributed by atoms with E-state index in [-0.39, 0.29) is 5.91 Å². The van der Waals surface area contributed by atoms with Crippen molar-refractivity contribution in [2.24, 2.45) is 0 Å². The third kappa shape index (κ3) is 6.88. The normalized spacial score (nSPS) is 9.89. The van der Waals surface area contributed by atoms with Gasteiger partial charge in [0.1, 0.15) is 0 Å². The van der Waals surface area contributed by atoms with Gasteiger partial charge in [-0.25, -0.2) is 0 Å². The minimum absolute atomic E-state index is 0.0196. The fourth-order valence-electron chi connectivity index (χ4n) is 1.57. The Morgan fingerprint density at radius 2 is 2.16 bits per heavy atom. The largest absolute Gasteiger partial charge is 0.326 e. The molecule has 1 N–H and O–H groups in total. The maximum absolute atomic E-state index is 11.7. The number of thioether (sulfide) groups is 1. The molecule has 1 amide bonds. The predicted molar refractivity (Wildman–Crippen MR) is 81.3 cm³/mol. The lowest BCUT2D eigenvalue weighted by atomic mass is 10.2. The first-order chi connectivity index (χ1) is 9.26. The highest BCUT2D eigenvalue weighted by Crippen LogP contribution is 2.12. The summed E-state index contributed by atoms with van der Waals surface area (Å²) in [7, 11) is 0. The van der Waals surface area contributed by atoms with E-state index in [0.717, 1.165) is 12.2 Å². The third-order valence-corrected chi connectivity index (χ3v) is 3.76. The molecule has 0 saturated carbocycles. The van der Waals surface area contributed by atoms with E-state index in [1.807, 2.05) is 11.8 Å². The Labute approximate surface area is 119 Å². The van der Waals surface area contributed by atoms with Gasteiger partial charge in [0.05, 0.1) is 11.6 Å². The maximum Gasteiger partial charge on any atom is 0.224 e. The molecule has 1 rings (SSSR count). The molecular weight excluding hydrogens is 256 g/mol. The van der Waals surface area contributed by atoms with Crippen LogP contribution in [0.4, 0.5) is 5.69 Å². The molecule has 0 fully saturated rings. The van der Waals surface area contributed by atoms with Crippen LogP contribution in [0.2, 0.25) is 0 Å². The number of hydrogen-bond donors (Lipinski definition) is 1. The van der Waals surface area contributed by atoms with Crippen LogP contribution in [0.1, 0.15) is 38.2 Å². The molecule has 0 atom stereocenters. The Bertz CT molecular complexity index is 440. The number of hydrogen-bond acceptors (Lipinski definition) is 3. The first-order valence-electron chi connectivity index (χ1n) is 6.64. The first-order valence-corrected chi connectivity index (χ1v) is 7.79.